The van der Waals surface area contributed by atoms with Crippen molar-refractivity contribution < 1.29 is 9.53 Å². The first-order valence-corrected chi connectivity index (χ1v) is 13.8. The Bertz CT molecular complexity index is 1580. The van der Waals surface area contributed by atoms with Gasteiger partial charge in [-0.15, -0.1) is 0 Å². The van der Waals surface area contributed by atoms with Gasteiger partial charge in [0, 0.05) is 18.5 Å². The smallest absolute Gasteiger partial charge is 0.243 e. The summed E-state index contributed by atoms with van der Waals surface area (Å²) in [4.78, 5) is 11.5. The molecule has 4 aromatic rings. The highest BCUT2D eigenvalue weighted by atomic mass is 16.5. The lowest BCUT2D eigenvalue weighted by Crippen LogP contribution is -2.42. The molecule has 40 heavy (non-hydrogen) atoms. The van der Waals surface area contributed by atoms with E-state index in [0.29, 0.717) is 13.2 Å². The minimum absolute atomic E-state index is 0.157. The Morgan fingerprint density at radius 2 is 1.77 bits per heavy atom. The number of benzene rings is 4. The number of rotatable bonds is 10. The van der Waals surface area contributed by atoms with Gasteiger partial charge in [-0.25, -0.2) is 0 Å². The van der Waals surface area contributed by atoms with Crippen LogP contribution in [0.4, 0.5) is 5.69 Å². The van der Waals surface area contributed by atoms with Crippen molar-refractivity contribution in [1.82, 2.24) is 5.32 Å². The highest BCUT2D eigenvalue weighted by Crippen LogP contribution is 2.47. The van der Waals surface area contributed by atoms with E-state index in [1.807, 2.05) is 24.3 Å². The maximum atomic E-state index is 11.5. The van der Waals surface area contributed by atoms with Crippen LogP contribution in [0.15, 0.2) is 114 Å². The van der Waals surface area contributed by atoms with Crippen molar-refractivity contribution in [1.29, 1.82) is 0 Å². The standard InChI is InChI=1S/C35H35N3O2/c1-4-34(39)36-22-9-10-23-40-33-21-20-28-13-6-8-16-30(28)35(33,31-24-25(2)18-19-26(31)3)38-37-32-17-11-14-27-12-5-7-15-29(27)32/h4-8,11-21,24,33H,1,9-10,22-23H2,2-3H3,(H,36,39). The summed E-state index contributed by atoms with van der Waals surface area (Å²) in [6.07, 6.45) is 6.77. The van der Waals surface area contributed by atoms with E-state index < -0.39 is 5.54 Å². The minimum Gasteiger partial charge on any atom is -0.371 e. The lowest BCUT2D eigenvalue weighted by atomic mass is 9.72. The molecule has 0 saturated heterocycles. The van der Waals surface area contributed by atoms with Crippen LogP contribution < -0.4 is 5.32 Å². The number of azo groups is 1. The van der Waals surface area contributed by atoms with E-state index in [4.69, 9.17) is 15.0 Å². The average Bonchev–Trinajstić information content (AvgIpc) is 2.99. The second-order valence-corrected chi connectivity index (χ2v) is 10.2. The third-order valence-electron chi connectivity index (χ3n) is 7.47. The van der Waals surface area contributed by atoms with Crippen molar-refractivity contribution in [3.63, 3.8) is 0 Å². The number of nitrogens with one attached hydrogen (secondary N) is 1. The van der Waals surface area contributed by atoms with Gasteiger partial charge in [0.1, 0.15) is 6.10 Å². The monoisotopic (exact) mass is 529 g/mol. The average molecular weight is 530 g/mol. The molecule has 5 heteroatoms. The van der Waals surface area contributed by atoms with E-state index in [2.05, 4.69) is 98.6 Å². The van der Waals surface area contributed by atoms with Crippen LogP contribution in [-0.4, -0.2) is 25.2 Å². The molecule has 0 bridgehead atoms. The summed E-state index contributed by atoms with van der Waals surface area (Å²) in [5.41, 5.74) is 5.49. The summed E-state index contributed by atoms with van der Waals surface area (Å²) >= 11 is 0. The Labute approximate surface area is 236 Å². The van der Waals surface area contributed by atoms with Gasteiger partial charge >= 0.3 is 0 Å². The molecular weight excluding hydrogens is 494 g/mol. The molecule has 202 valence electrons. The molecule has 1 aliphatic carbocycles. The number of hydrogen-bond acceptors (Lipinski definition) is 4. The van der Waals surface area contributed by atoms with Gasteiger partial charge in [0.25, 0.3) is 0 Å². The largest absolute Gasteiger partial charge is 0.371 e. The van der Waals surface area contributed by atoms with Gasteiger partial charge in [-0.1, -0.05) is 103 Å². The van der Waals surface area contributed by atoms with E-state index in [0.717, 1.165) is 57.1 Å². The summed E-state index contributed by atoms with van der Waals surface area (Å²) < 4.78 is 6.64. The fraction of sp³-hybridized carbons (Fsp3) is 0.229. The fourth-order valence-electron chi connectivity index (χ4n) is 5.41. The summed E-state index contributed by atoms with van der Waals surface area (Å²) in [5, 5.41) is 15.2. The van der Waals surface area contributed by atoms with Gasteiger partial charge in [0.05, 0.1) is 5.69 Å². The van der Waals surface area contributed by atoms with Crippen molar-refractivity contribution in [3.8, 4) is 0 Å². The molecule has 0 heterocycles. The number of hydrogen-bond donors (Lipinski definition) is 1. The predicted molar refractivity (Wildman–Crippen MR) is 163 cm³/mol. The van der Waals surface area contributed by atoms with Crippen LogP contribution in [0.5, 0.6) is 0 Å². The van der Waals surface area contributed by atoms with Crippen molar-refractivity contribution in [2.24, 2.45) is 10.2 Å². The third kappa shape index (κ3) is 5.51. The first kappa shape index (κ1) is 27.2. The Balaban J connectivity index is 1.58. The first-order chi connectivity index (χ1) is 19.5. The van der Waals surface area contributed by atoms with Crippen LogP contribution in [0.2, 0.25) is 0 Å². The molecule has 5 nitrogen and oxygen atoms in total. The topological polar surface area (TPSA) is 63.0 Å². The van der Waals surface area contributed by atoms with Gasteiger partial charge in [-0.2, -0.15) is 10.2 Å². The normalized spacial score (nSPS) is 18.1. The number of unbranched alkanes of at least 4 members (excludes halogenated alkanes) is 1. The van der Waals surface area contributed by atoms with Crippen LogP contribution >= 0.6 is 0 Å². The second-order valence-electron chi connectivity index (χ2n) is 10.2. The van der Waals surface area contributed by atoms with Gasteiger partial charge in [0.2, 0.25) is 5.91 Å². The number of nitrogens with zero attached hydrogens (tertiary/aromatic N) is 2. The maximum absolute atomic E-state index is 11.5. The van der Waals surface area contributed by atoms with Crippen molar-refractivity contribution in [2.45, 2.75) is 38.3 Å². The van der Waals surface area contributed by atoms with Crippen molar-refractivity contribution in [3.05, 3.63) is 131 Å². The van der Waals surface area contributed by atoms with E-state index in [1.165, 1.54) is 6.08 Å². The Kier molecular flexibility index (Phi) is 8.32. The maximum Gasteiger partial charge on any atom is 0.243 e. The van der Waals surface area contributed by atoms with Gasteiger partial charge in [-0.05, 0) is 66.5 Å². The fourth-order valence-corrected chi connectivity index (χ4v) is 5.41. The molecule has 2 unspecified atom stereocenters. The molecule has 0 aromatic heterocycles. The highest BCUT2D eigenvalue weighted by Gasteiger charge is 2.46. The number of carbonyl (C=O) groups is 1. The SMILES string of the molecule is C=CC(=O)NCCCCOC1C=Cc2ccccc2C1(N=Nc1cccc2ccccc12)c1cc(C)ccc1C. The van der Waals surface area contributed by atoms with Crippen LogP contribution in [0.3, 0.4) is 0 Å². The molecule has 1 aliphatic rings. The predicted octanol–water partition coefficient (Wildman–Crippen LogP) is 7.98. The summed E-state index contributed by atoms with van der Waals surface area (Å²) in [6.45, 7) is 8.85. The molecule has 5 rings (SSSR count). The quantitative estimate of drug-likeness (QED) is 0.129. The van der Waals surface area contributed by atoms with Crippen LogP contribution in [-0.2, 0) is 15.1 Å². The number of carbonyl (C=O) groups excluding carboxylic acids is 1. The Morgan fingerprint density at radius 1 is 0.975 bits per heavy atom. The zero-order valence-electron chi connectivity index (χ0n) is 23.1. The number of aryl methyl sites for hydroxylation is 2. The van der Waals surface area contributed by atoms with Gasteiger partial charge in [-0.3, -0.25) is 4.79 Å². The molecule has 0 aliphatic heterocycles. The molecule has 2 atom stereocenters. The molecule has 4 aromatic carbocycles. The molecular formula is C35H35N3O2. The molecule has 1 N–H and O–H groups in total. The Morgan fingerprint density at radius 3 is 2.65 bits per heavy atom. The number of amides is 1. The molecule has 1 amide bonds. The van der Waals surface area contributed by atoms with Crippen LogP contribution in [0, 0.1) is 13.8 Å². The van der Waals surface area contributed by atoms with E-state index in [1.54, 1.807) is 0 Å². The van der Waals surface area contributed by atoms with Crippen LogP contribution in [0.25, 0.3) is 16.8 Å². The molecule has 0 spiro atoms. The minimum atomic E-state index is -0.880. The van der Waals surface area contributed by atoms with E-state index in [-0.39, 0.29) is 12.0 Å². The number of ether oxygens (including phenoxy) is 1. The van der Waals surface area contributed by atoms with Crippen molar-refractivity contribution >= 4 is 28.4 Å². The zero-order valence-corrected chi connectivity index (χ0v) is 23.1. The summed E-state index contributed by atoms with van der Waals surface area (Å²) in [5.74, 6) is -0.157. The summed E-state index contributed by atoms with van der Waals surface area (Å²) in [7, 11) is 0. The number of fused-ring (bicyclic) bond motifs is 2. The molecule has 0 radical (unpaired) electrons. The summed E-state index contributed by atoms with van der Waals surface area (Å²) in [6, 6.07) is 29.3. The highest BCUT2D eigenvalue weighted by molar-refractivity contribution is 5.92. The Hall–Kier alpha value is -4.35. The molecule has 0 saturated carbocycles. The lowest BCUT2D eigenvalue weighted by Gasteiger charge is -2.40. The lowest BCUT2D eigenvalue weighted by molar-refractivity contribution is -0.116. The zero-order chi connectivity index (χ0) is 28.0. The van der Waals surface area contributed by atoms with E-state index in [9.17, 15) is 4.79 Å². The van der Waals surface area contributed by atoms with Gasteiger partial charge in [0.15, 0.2) is 5.54 Å². The van der Waals surface area contributed by atoms with Crippen molar-refractivity contribution in [2.75, 3.05) is 13.2 Å². The van der Waals surface area contributed by atoms with Crippen LogP contribution in [0.1, 0.15) is 40.7 Å². The molecule has 0 fully saturated rings. The third-order valence-corrected chi connectivity index (χ3v) is 7.47. The van der Waals surface area contributed by atoms with Gasteiger partial charge < -0.3 is 10.1 Å². The second kappa shape index (κ2) is 12.2. The first-order valence-electron chi connectivity index (χ1n) is 13.8. The van der Waals surface area contributed by atoms with E-state index >= 15 is 0 Å².